The lowest BCUT2D eigenvalue weighted by Gasteiger charge is -2.21. The molecule has 1 unspecified atom stereocenters. The van der Waals surface area contributed by atoms with Crippen LogP contribution < -0.4 is 0 Å². The molecule has 0 saturated heterocycles. The Balaban J connectivity index is 2.47. The van der Waals surface area contributed by atoms with E-state index in [1.165, 1.54) is 11.1 Å². The van der Waals surface area contributed by atoms with Crippen LogP contribution in [0.2, 0.25) is 0 Å². The van der Waals surface area contributed by atoms with Gasteiger partial charge in [0, 0.05) is 25.4 Å². The summed E-state index contributed by atoms with van der Waals surface area (Å²) in [6, 6.07) is 8.73. The van der Waals surface area contributed by atoms with Crippen LogP contribution in [0.5, 0.6) is 0 Å². The van der Waals surface area contributed by atoms with Gasteiger partial charge in [-0.1, -0.05) is 43.7 Å². The first-order valence-corrected chi connectivity index (χ1v) is 6.13. The van der Waals surface area contributed by atoms with Crippen LogP contribution >= 0.6 is 0 Å². The average Bonchev–Trinajstić information content (AvgIpc) is 2.65. The maximum atomic E-state index is 4.51. The van der Waals surface area contributed by atoms with E-state index in [1.54, 1.807) is 0 Å². The van der Waals surface area contributed by atoms with Gasteiger partial charge in [-0.2, -0.15) is 0 Å². The first-order chi connectivity index (χ1) is 8.09. The lowest BCUT2D eigenvalue weighted by molar-refractivity contribution is 0.524. The largest absolute Gasteiger partial charge is 0.337 e. The maximum Gasteiger partial charge on any atom is 0.116 e. The predicted octanol–water partition coefficient (Wildman–Crippen LogP) is 3.52. The number of hydrogen-bond donors (Lipinski definition) is 0. The number of aromatic nitrogens is 2. The van der Waals surface area contributed by atoms with Crippen molar-refractivity contribution in [3.63, 3.8) is 0 Å². The molecule has 0 fully saturated rings. The van der Waals surface area contributed by atoms with Crippen molar-refractivity contribution in [1.29, 1.82) is 0 Å². The van der Waals surface area contributed by atoms with Crippen molar-refractivity contribution in [2.24, 2.45) is 13.0 Å². The van der Waals surface area contributed by atoms with E-state index < -0.39 is 0 Å². The van der Waals surface area contributed by atoms with Gasteiger partial charge in [-0.3, -0.25) is 0 Å². The molecule has 0 spiro atoms. The van der Waals surface area contributed by atoms with E-state index in [-0.39, 0.29) is 0 Å². The average molecular weight is 228 g/mol. The smallest absolute Gasteiger partial charge is 0.116 e. The molecule has 0 radical (unpaired) electrons. The Hall–Kier alpha value is -1.57. The summed E-state index contributed by atoms with van der Waals surface area (Å²) in [5.41, 5.74) is 2.66. The van der Waals surface area contributed by atoms with Gasteiger partial charge in [-0.05, 0) is 18.4 Å². The van der Waals surface area contributed by atoms with E-state index in [2.05, 4.69) is 61.6 Å². The molecule has 0 aliphatic rings. The fraction of sp³-hybridized carbons (Fsp3) is 0.400. The molecule has 2 aromatic rings. The standard InChI is InChI=1S/C15H20N2/c1-11(2)14(15-16-8-9-17(15)4)13-7-5-6-12(3)10-13/h5-11,14H,1-4H3. The third kappa shape index (κ3) is 2.41. The van der Waals surface area contributed by atoms with E-state index >= 15 is 0 Å². The minimum Gasteiger partial charge on any atom is -0.337 e. The molecule has 0 aliphatic heterocycles. The van der Waals surface area contributed by atoms with Crippen molar-refractivity contribution < 1.29 is 0 Å². The summed E-state index contributed by atoms with van der Waals surface area (Å²) in [7, 11) is 2.06. The fourth-order valence-electron chi connectivity index (χ4n) is 2.37. The van der Waals surface area contributed by atoms with Crippen molar-refractivity contribution >= 4 is 0 Å². The van der Waals surface area contributed by atoms with Crippen molar-refractivity contribution in [3.05, 3.63) is 53.6 Å². The number of benzene rings is 1. The molecule has 90 valence electrons. The molecule has 1 aromatic carbocycles. The SMILES string of the molecule is Cc1cccc(C(c2nccn2C)C(C)C)c1. The van der Waals surface area contributed by atoms with Gasteiger partial charge in [-0.25, -0.2) is 4.98 Å². The molecule has 0 N–H and O–H groups in total. The Kier molecular flexibility index (Phi) is 3.32. The summed E-state index contributed by atoms with van der Waals surface area (Å²) in [6.45, 7) is 6.64. The van der Waals surface area contributed by atoms with Gasteiger partial charge in [0.15, 0.2) is 0 Å². The molecule has 2 heteroatoms. The zero-order chi connectivity index (χ0) is 12.4. The number of aryl methyl sites for hydroxylation is 2. The Morgan fingerprint density at radius 3 is 2.53 bits per heavy atom. The predicted molar refractivity (Wildman–Crippen MR) is 71.1 cm³/mol. The minimum atomic E-state index is 0.370. The van der Waals surface area contributed by atoms with Gasteiger partial charge in [0.1, 0.15) is 5.82 Å². The second-order valence-electron chi connectivity index (χ2n) is 5.03. The molecule has 1 heterocycles. The van der Waals surface area contributed by atoms with Crippen LogP contribution in [-0.2, 0) is 7.05 Å². The Bertz CT molecular complexity index is 497. The van der Waals surface area contributed by atoms with Crippen molar-refractivity contribution in [2.45, 2.75) is 26.7 Å². The Morgan fingerprint density at radius 1 is 1.24 bits per heavy atom. The first-order valence-electron chi connectivity index (χ1n) is 6.13. The molecule has 2 nitrogen and oxygen atoms in total. The molecule has 0 bridgehead atoms. The van der Waals surface area contributed by atoms with Gasteiger partial charge in [0.25, 0.3) is 0 Å². The van der Waals surface area contributed by atoms with E-state index in [0.717, 1.165) is 5.82 Å². The monoisotopic (exact) mass is 228 g/mol. The molecule has 1 aromatic heterocycles. The van der Waals surface area contributed by atoms with Gasteiger partial charge < -0.3 is 4.57 Å². The maximum absolute atomic E-state index is 4.51. The van der Waals surface area contributed by atoms with E-state index in [1.807, 2.05) is 12.4 Å². The topological polar surface area (TPSA) is 17.8 Å². The molecule has 1 atom stereocenters. The highest BCUT2D eigenvalue weighted by molar-refractivity contribution is 5.30. The highest BCUT2D eigenvalue weighted by Gasteiger charge is 2.21. The number of rotatable bonds is 3. The zero-order valence-corrected chi connectivity index (χ0v) is 11.0. The summed E-state index contributed by atoms with van der Waals surface area (Å²) in [4.78, 5) is 4.51. The van der Waals surface area contributed by atoms with Crippen LogP contribution in [0.1, 0.15) is 36.7 Å². The summed E-state index contributed by atoms with van der Waals surface area (Å²) < 4.78 is 2.12. The number of hydrogen-bond acceptors (Lipinski definition) is 1. The van der Waals surface area contributed by atoms with Gasteiger partial charge >= 0.3 is 0 Å². The summed E-state index contributed by atoms with van der Waals surface area (Å²) in [5, 5.41) is 0. The molecular formula is C15H20N2. The van der Waals surface area contributed by atoms with Crippen LogP contribution in [0, 0.1) is 12.8 Å². The van der Waals surface area contributed by atoms with Crippen LogP contribution in [0.4, 0.5) is 0 Å². The van der Waals surface area contributed by atoms with Crippen LogP contribution in [-0.4, -0.2) is 9.55 Å². The summed E-state index contributed by atoms with van der Waals surface area (Å²) in [5.74, 6) is 2.05. The van der Waals surface area contributed by atoms with Crippen LogP contribution in [0.15, 0.2) is 36.7 Å². The summed E-state index contributed by atoms with van der Waals surface area (Å²) >= 11 is 0. The number of imidazole rings is 1. The van der Waals surface area contributed by atoms with E-state index in [4.69, 9.17) is 0 Å². The Labute approximate surface area is 103 Å². The van der Waals surface area contributed by atoms with Crippen molar-refractivity contribution in [2.75, 3.05) is 0 Å². The van der Waals surface area contributed by atoms with E-state index in [9.17, 15) is 0 Å². The lowest BCUT2D eigenvalue weighted by Crippen LogP contribution is -2.13. The second kappa shape index (κ2) is 4.74. The van der Waals surface area contributed by atoms with Crippen molar-refractivity contribution in [1.82, 2.24) is 9.55 Å². The third-order valence-corrected chi connectivity index (χ3v) is 3.20. The second-order valence-corrected chi connectivity index (χ2v) is 5.03. The quantitative estimate of drug-likeness (QED) is 0.786. The van der Waals surface area contributed by atoms with Gasteiger partial charge in [0.05, 0.1) is 0 Å². The highest BCUT2D eigenvalue weighted by Crippen LogP contribution is 2.30. The molecule has 0 amide bonds. The zero-order valence-electron chi connectivity index (χ0n) is 11.0. The molecule has 2 rings (SSSR count). The normalized spacial score (nSPS) is 13.0. The van der Waals surface area contributed by atoms with Crippen LogP contribution in [0.25, 0.3) is 0 Å². The lowest BCUT2D eigenvalue weighted by atomic mass is 9.87. The molecule has 17 heavy (non-hydrogen) atoms. The molecule has 0 aliphatic carbocycles. The Morgan fingerprint density at radius 2 is 2.00 bits per heavy atom. The van der Waals surface area contributed by atoms with Crippen molar-refractivity contribution in [3.8, 4) is 0 Å². The third-order valence-electron chi connectivity index (χ3n) is 3.20. The minimum absolute atomic E-state index is 0.370. The molecule has 0 saturated carbocycles. The first kappa shape index (κ1) is 11.9. The number of nitrogens with zero attached hydrogens (tertiary/aromatic N) is 2. The summed E-state index contributed by atoms with van der Waals surface area (Å²) in [6.07, 6.45) is 3.89. The van der Waals surface area contributed by atoms with Gasteiger partial charge in [-0.15, -0.1) is 0 Å². The fourth-order valence-corrected chi connectivity index (χ4v) is 2.37. The molecular weight excluding hydrogens is 208 g/mol. The van der Waals surface area contributed by atoms with E-state index in [0.29, 0.717) is 11.8 Å². The van der Waals surface area contributed by atoms with Gasteiger partial charge in [0.2, 0.25) is 0 Å². The van der Waals surface area contributed by atoms with Crippen LogP contribution in [0.3, 0.4) is 0 Å². The highest BCUT2D eigenvalue weighted by atomic mass is 15.0.